The summed E-state index contributed by atoms with van der Waals surface area (Å²) in [5.74, 6) is 1.59. The Hall–Kier alpha value is -0.780. The quantitative estimate of drug-likeness (QED) is 0.893. The summed E-state index contributed by atoms with van der Waals surface area (Å²) in [6, 6.07) is 3.65. The third-order valence-electron chi connectivity index (χ3n) is 4.50. The van der Waals surface area contributed by atoms with Crippen LogP contribution in [-0.2, 0) is 4.74 Å². The summed E-state index contributed by atoms with van der Waals surface area (Å²) in [5.41, 5.74) is 0.800. The van der Waals surface area contributed by atoms with Crippen LogP contribution in [0.1, 0.15) is 32.4 Å². The van der Waals surface area contributed by atoms with Crippen LogP contribution in [0.2, 0.25) is 0 Å². The maximum Gasteiger partial charge on any atom is 0.161 e. The molecule has 21 heavy (non-hydrogen) atoms. The first kappa shape index (κ1) is 16.6. The van der Waals surface area contributed by atoms with Crippen LogP contribution in [0.25, 0.3) is 0 Å². The van der Waals surface area contributed by atoms with E-state index in [1.54, 1.807) is 14.2 Å². The van der Waals surface area contributed by atoms with Gasteiger partial charge in [-0.15, -0.1) is 0 Å². The Balaban J connectivity index is 2.37. The van der Waals surface area contributed by atoms with Crippen molar-refractivity contribution < 1.29 is 19.3 Å². The molecule has 1 N–H and O–H groups in total. The Labute approximate surface area is 134 Å². The van der Waals surface area contributed by atoms with Crippen LogP contribution in [0.5, 0.6) is 11.5 Å². The van der Waals surface area contributed by atoms with Crippen LogP contribution < -0.4 is 9.47 Å². The predicted molar refractivity (Wildman–Crippen MR) is 84.9 cm³/mol. The number of methoxy groups -OCH3 is 2. The Morgan fingerprint density at radius 2 is 1.67 bits per heavy atom. The smallest absolute Gasteiger partial charge is 0.161 e. The first-order valence-corrected chi connectivity index (χ1v) is 7.95. The minimum absolute atomic E-state index is 0.0185. The lowest BCUT2D eigenvalue weighted by molar-refractivity contribution is 0.0228. The molecular weight excluding hydrogens is 336 g/mol. The van der Waals surface area contributed by atoms with Crippen molar-refractivity contribution in [2.75, 3.05) is 14.2 Å². The Morgan fingerprint density at radius 3 is 2.14 bits per heavy atom. The van der Waals surface area contributed by atoms with Gasteiger partial charge in [0.1, 0.15) is 0 Å². The highest BCUT2D eigenvalue weighted by Crippen LogP contribution is 2.44. The maximum atomic E-state index is 10.8. The molecule has 0 aromatic heterocycles. The van der Waals surface area contributed by atoms with Crippen molar-refractivity contribution in [1.29, 1.82) is 0 Å². The number of rotatable bonds is 4. The van der Waals surface area contributed by atoms with Gasteiger partial charge in [-0.2, -0.15) is 0 Å². The lowest BCUT2D eigenvalue weighted by atomic mass is 9.82. The van der Waals surface area contributed by atoms with E-state index >= 15 is 0 Å². The molecule has 118 valence electrons. The largest absolute Gasteiger partial charge is 0.493 e. The third kappa shape index (κ3) is 3.05. The van der Waals surface area contributed by atoms with Gasteiger partial charge in [-0.05, 0) is 37.5 Å². The fourth-order valence-corrected chi connectivity index (χ4v) is 3.70. The zero-order chi connectivity index (χ0) is 15.7. The predicted octanol–water partition coefficient (Wildman–Crippen LogP) is 3.56. The Bertz CT molecular complexity index is 505. The second-order valence-electron chi connectivity index (χ2n) is 5.66. The molecular formula is C16H23BrO4. The molecule has 0 amide bonds. The molecule has 0 radical (unpaired) electrons. The highest BCUT2D eigenvalue weighted by atomic mass is 79.9. The molecule has 1 aliphatic rings. The van der Waals surface area contributed by atoms with Gasteiger partial charge < -0.3 is 19.3 Å². The molecule has 4 nitrogen and oxygen atoms in total. The fourth-order valence-electron chi connectivity index (χ4n) is 3.14. The molecule has 0 aliphatic carbocycles. The van der Waals surface area contributed by atoms with E-state index in [4.69, 9.17) is 14.2 Å². The van der Waals surface area contributed by atoms with Crippen LogP contribution in [0.4, 0.5) is 0 Å². The molecule has 1 fully saturated rings. The summed E-state index contributed by atoms with van der Waals surface area (Å²) < 4.78 is 17.3. The van der Waals surface area contributed by atoms with Crippen LogP contribution in [0.15, 0.2) is 16.6 Å². The summed E-state index contributed by atoms with van der Waals surface area (Å²) in [6.45, 7) is 6.19. The van der Waals surface area contributed by atoms with Gasteiger partial charge in [0.15, 0.2) is 11.5 Å². The van der Waals surface area contributed by atoms with E-state index in [0.717, 1.165) is 10.0 Å². The molecule has 5 unspecified atom stereocenters. The van der Waals surface area contributed by atoms with Gasteiger partial charge in [-0.3, -0.25) is 0 Å². The minimum atomic E-state index is -0.617. The van der Waals surface area contributed by atoms with E-state index in [1.165, 1.54) is 0 Å². The zero-order valence-corrected chi connectivity index (χ0v) is 14.7. The SMILES string of the molecule is COc1cc(Br)c(C(O)C2C(C)OC(C)C2C)cc1OC. The van der Waals surface area contributed by atoms with Crippen molar-refractivity contribution in [2.45, 2.75) is 39.1 Å². The zero-order valence-electron chi connectivity index (χ0n) is 13.1. The third-order valence-corrected chi connectivity index (χ3v) is 5.19. The summed E-state index contributed by atoms with van der Waals surface area (Å²) >= 11 is 3.52. The summed E-state index contributed by atoms with van der Waals surface area (Å²) in [7, 11) is 3.19. The number of aliphatic hydroxyl groups is 1. The second kappa shape index (κ2) is 6.55. The molecule has 1 saturated heterocycles. The summed E-state index contributed by atoms with van der Waals surface area (Å²) in [5, 5.41) is 10.8. The van der Waals surface area contributed by atoms with E-state index in [9.17, 15) is 5.11 Å². The van der Waals surface area contributed by atoms with Crippen molar-refractivity contribution in [3.05, 3.63) is 22.2 Å². The first-order valence-electron chi connectivity index (χ1n) is 7.15. The minimum Gasteiger partial charge on any atom is -0.493 e. The van der Waals surface area contributed by atoms with Crippen LogP contribution in [-0.4, -0.2) is 31.5 Å². The van der Waals surface area contributed by atoms with Crippen molar-refractivity contribution in [3.8, 4) is 11.5 Å². The fraction of sp³-hybridized carbons (Fsp3) is 0.625. The van der Waals surface area contributed by atoms with Crippen molar-refractivity contribution in [3.63, 3.8) is 0 Å². The van der Waals surface area contributed by atoms with E-state index in [-0.39, 0.29) is 24.0 Å². The molecule has 0 spiro atoms. The van der Waals surface area contributed by atoms with E-state index in [1.807, 2.05) is 19.1 Å². The second-order valence-corrected chi connectivity index (χ2v) is 6.51. The maximum absolute atomic E-state index is 10.8. The highest BCUT2D eigenvalue weighted by Gasteiger charge is 2.42. The standard InChI is InChI=1S/C16H23BrO4/c1-8-9(2)21-10(3)15(8)16(18)11-6-13(19-4)14(20-5)7-12(11)17/h6-10,15-16,18H,1-5H3. The number of benzene rings is 1. The molecule has 0 bridgehead atoms. The molecule has 1 aliphatic heterocycles. The number of hydrogen-bond acceptors (Lipinski definition) is 4. The number of halogens is 1. The topological polar surface area (TPSA) is 47.9 Å². The molecule has 1 aromatic rings. The highest BCUT2D eigenvalue weighted by molar-refractivity contribution is 9.10. The molecule has 1 heterocycles. The van der Waals surface area contributed by atoms with Gasteiger partial charge in [0.2, 0.25) is 0 Å². The van der Waals surface area contributed by atoms with Gasteiger partial charge in [0.25, 0.3) is 0 Å². The Kier molecular flexibility index (Phi) is 5.17. The van der Waals surface area contributed by atoms with E-state index in [0.29, 0.717) is 11.5 Å². The van der Waals surface area contributed by atoms with Gasteiger partial charge in [0.05, 0.1) is 32.5 Å². The average Bonchev–Trinajstić information content (AvgIpc) is 2.71. The number of ether oxygens (including phenoxy) is 3. The van der Waals surface area contributed by atoms with Gasteiger partial charge >= 0.3 is 0 Å². The van der Waals surface area contributed by atoms with Gasteiger partial charge in [0, 0.05) is 10.4 Å². The first-order chi connectivity index (χ1) is 9.90. The lowest BCUT2D eigenvalue weighted by Crippen LogP contribution is -2.25. The molecule has 5 atom stereocenters. The van der Waals surface area contributed by atoms with Crippen LogP contribution in [0.3, 0.4) is 0 Å². The van der Waals surface area contributed by atoms with E-state index < -0.39 is 6.10 Å². The summed E-state index contributed by atoms with van der Waals surface area (Å²) in [6.07, 6.45) is -0.447. The molecule has 5 heteroatoms. The normalized spacial score (nSPS) is 30.2. The van der Waals surface area contributed by atoms with Gasteiger partial charge in [-0.25, -0.2) is 0 Å². The van der Waals surface area contributed by atoms with E-state index in [2.05, 4.69) is 29.8 Å². The lowest BCUT2D eigenvalue weighted by Gasteiger charge is -2.26. The molecule has 2 rings (SSSR count). The van der Waals surface area contributed by atoms with Crippen molar-refractivity contribution in [2.24, 2.45) is 11.8 Å². The molecule has 0 saturated carbocycles. The van der Waals surface area contributed by atoms with Crippen LogP contribution in [0, 0.1) is 11.8 Å². The van der Waals surface area contributed by atoms with Crippen LogP contribution >= 0.6 is 15.9 Å². The summed E-state index contributed by atoms with van der Waals surface area (Å²) in [4.78, 5) is 0. The number of aliphatic hydroxyl groups excluding tert-OH is 1. The molecule has 1 aromatic carbocycles. The average molecular weight is 359 g/mol. The number of hydrogen-bond donors (Lipinski definition) is 1. The van der Waals surface area contributed by atoms with Crippen molar-refractivity contribution in [1.82, 2.24) is 0 Å². The van der Waals surface area contributed by atoms with Crippen molar-refractivity contribution >= 4 is 15.9 Å². The van der Waals surface area contributed by atoms with Gasteiger partial charge in [-0.1, -0.05) is 22.9 Å². The monoisotopic (exact) mass is 358 g/mol. The Morgan fingerprint density at radius 1 is 1.10 bits per heavy atom.